The minimum Gasteiger partial charge on any atom is -0.374 e. The van der Waals surface area contributed by atoms with Crippen molar-refractivity contribution in [2.45, 2.75) is 19.7 Å². The number of H-pyrrole nitrogens is 1. The summed E-state index contributed by atoms with van der Waals surface area (Å²) in [5.74, 6) is 0.466. The highest BCUT2D eigenvalue weighted by Crippen LogP contribution is 2.29. The Balaban J connectivity index is 2.34. The maximum atomic E-state index is 12.4. The van der Waals surface area contributed by atoms with Gasteiger partial charge in [-0.1, -0.05) is 0 Å². The van der Waals surface area contributed by atoms with Gasteiger partial charge in [0.2, 0.25) is 0 Å². The molecule has 0 fully saturated rings. The molecule has 2 heterocycles. The summed E-state index contributed by atoms with van der Waals surface area (Å²) < 4.78 is 42.4. The molecule has 2 aromatic rings. The number of hydrogen-bond acceptors (Lipinski definition) is 3. The zero-order valence-corrected chi connectivity index (χ0v) is 9.01. The Labute approximate surface area is 94.8 Å². The third-order valence-electron chi connectivity index (χ3n) is 2.16. The highest BCUT2D eigenvalue weighted by atomic mass is 19.4. The number of fused-ring (bicyclic) bond motifs is 1. The van der Waals surface area contributed by atoms with Crippen LogP contribution < -0.4 is 0 Å². The largest absolute Gasteiger partial charge is 0.417 e. The van der Waals surface area contributed by atoms with E-state index in [2.05, 4.69) is 15.0 Å². The van der Waals surface area contributed by atoms with E-state index in [0.717, 1.165) is 12.3 Å². The molecule has 0 amide bonds. The first-order chi connectivity index (χ1) is 8.00. The van der Waals surface area contributed by atoms with E-state index in [1.165, 1.54) is 0 Å². The van der Waals surface area contributed by atoms with E-state index in [1.807, 2.05) is 6.92 Å². The molecule has 0 aliphatic rings. The SMILES string of the molecule is CCOCc1nc2ncc(C(F)(F)F)cc2[nH]1. The molecule has 1 N–H and O–H groups in total. The second kappa shape index (κ2) is 4.33. The molecule has 0 aliphatic heterocycles. The second-order valence-electron chi connectivity index (χ2n) is 3.41. The van der Waals surface area contributed by atoms with Crippen LogP contribution in [0.25, 0.3) is 11.2 Å². The fourth-order valence-electron chi connectivity index (χ4n) is 1.37. The van der Waals surface area contributed by atoms with Crippen LogP contribution >= 0.6 is 0 Å². The molecule has 0 saturated carbocycles. The summed E-state index contributed by atoms with van der Waals surface area (Å²) in [5, 5.41) is 0. The summed E-state index contributed by atoms with van der Waals surface area (Å²) >= 11 is 0. The lowest BCUT2D eigenvalue weighted by molar-refractivity contribution is -0.137. The van der Waals surface area contributed by atoms with E-state index in [0.29, 0.717) is 12.4 Å². The quantitative estimate of drug-likeness (QED) is 0.903. The van der Waals surface area contributed by atoms with Crippen LogP contribution in [-0.2, 0) is 17.5 Å². The fourth-order valence-corrected chi connectivity index (χ4v) is 1.37. The average Bonchev–Trinajstić information content (AvgIpc) is 2.66. The fraction of sp³-hybridized carbons (Fsp3) is 0.400. The Kier molecular flexibility index (Phi) is 3.01. The summed E-state index contributed by atoms with van der Waals surface area (Å²) in [5.41, 5.74) is -0.279. The van der Waals surface area contributed by atoms with Crippen molar-refractivity contribution in [2.24, 2.45) is 0 Å². The lowest BCUT2D eigenvalue weighted by atomic mass is 10.2. The third-order valence-corrected chi connectivity index (χ3v) is 2.16. The average molecular weight is 245 g/mol. The number of halogens is 3. The molecule has 17 heavy (non-hydrogen) atoms. The minimum absolute atomic E-state index is 0.230. The van der Waals surface area contributed by atoms with Crippen molar-refractivity contribution in [3.05, 3.63) is 23.7 Å². The molecule has 4 nitrogen and oxygen atoms in total. The van der Waals surface area contributed by atoms with E-state index >= 15 is 0 Å². The highest BCUT2D eigenvalue weighted by Gasteiger charge is 2.31. The summed E-state index contributed by atoms with van der Waals surface area (Å²) in [7, 11) is 0. The number of aromatic nitrogens is 3. The Hall–Kier alpha value is -1.63. The Bertz CT molecular complexity index is 521. The third kappa shape index (κ3) is 2.55. The van der Waals surface area contributed by atoms with Gasteiger partial charge in [-0.25, -0.2) is 9.97 Å². The van der Waals surface area contributed by atoms with Gasteiger partial charge in [-0.2, -0.15) is 13.2 Å². The van der Waals surface area contributed by atoms with Gasteiger partial charge in [-0.15, -0.1) is 0 Å². The molecule has 0 bridgehead atoms. The normalized spacial score (nSPS) is 12.2. The monoisotopic (exact) mass is 245 g/mol. The first-order valence-corrected chi connectivity index (χ1v) is 5.00. The van der Waals surface area contributed by atoms with Crippen LogP contribution in [0.3, 0.4) is 0 Å². The first kappa shape index (κ1) is 11.8. The lowest BCUT2D eigenvalue weighted by Crippen LogP contribution is -2.05. The van der Waals surface area contributed by atoms with Crippen molar-refractivity contribution < 1.29 is 17.9 Å². The van der Waals surface area contributed by atoms with Gasteiger partial charge < -0.3 is 9.72 Å². The molecule has 0 atom stereocenters. The van der Waals surface area contributed by atoms with Crippen LogP contribution in [0, 0.1) is 0 Å². The Morgan fingerprint density at radius 1 is 1.41 bits per heavy atom. The van der Waals surface area contributed by atoms with Gasteiger partial charge in [0, 0.05) is 12.8 Å². The summed E-state index contributed by atoms with van der Waals surface area (Å²) in [6.07, 6.45) is -3.62. The smallest absolute Gasteiger partial charge is 0.374 e. The standard InChI is InChI=1S/C10H10F3N3O/c1-2-17-5-8-15-7-3-6(10(11,12)13)4-14-9(7)16-8/h3-4H,2,5H2,1H3,(H,14,15,16). The van der Waals surface area contributed by atoms with E-state index in [9.17, 15) is 13.2 Å². The van der Waals surface area contributed by atoms with E-state index in [1.54, 1.807) is 0 Å². The Morgan fingerprint density at radius 3 is 2.82 bits per heavy atom. The molecule has 0 unspecified atom stereocenters. The number of nitrogens with one attached hydrogen (secondary N) is 1. The first-order valence-electron chi connectivity index (χ1n) is 5.00. The number of imidazole rings is 1. The predicted octanol–water partition coefficient (Wildman–Crippen LogP) is 2.51. The van der Waals surface area contributed by atoms with Crippen molar-refractivity contribution in [3.63, 3.8) is 0 Å². The highest BCUT2D eigenvalue weighted by molar-refractivity contribution is 5.71. The summed E-state index contributed by atoms with van der Waals surface area (Å²) in [4.78, 5) is 10.4. The number of nitrogens with zero attached hydrogens (tertiary/aromatic N) is 2. The predicted molar refractivity (Wildman–Crippen MR) is 54.2 cm³/mol. The number of alkyl halides is 3. The van der Waals surface area contributed by atoms with Crippen molar-refractivity contribution in [1.29, 1.82) is 0 Å². The topological polar surface area (TPSA) is 50.8 Å². The summed E-state index contributed by atoms with van der Waals surface area (Å²) in [6.45, 7) is 2.56. The zero-order chi connectivity index (χ0) is 12.5. The minimum atomic E-state index is -4.40. The maximum absolute atomic E-state index is 12.4. The van der Waals surface area contributed by atoms with Crippen LogP contribution in [0.1, 0.15) is 18.3 Å². The van der Waals surface area contributed by atoms with Crippen LogP contribution in [-0.4, -0.2) is 21.6 Å². The van der Waals surface area contributed by atoms with Crippen LogP contribution in [0.4, 0.5) is 13.2 Å². The Morgan fingerprint density at radius 2 is 2.18 bits per heavy atom. The maximum Gasteiger partial charge on any atom is 0.417 e. The number of pyridine rings is 1. The van der Waals surface area contributed by atoms with Gasteiger partial charge in [0.15, 0.2) is 5.65 Å². The van der Waals surface area contributed by atoms with Gasteiger partial charge in [-0.3, -0.25) is 0 Å². The lowest BCUT2D eigenvalue weighted by Gasteiger charge is -2.04. The molecule has 0 saturated heterocycles. The number of aromatic amines is 1. The van der Waals surface area contributed by atoms with Gasteiger partial charge in [0.05, 0.1) is 11.1 Å². The van der Waals surface area contributed by atoms with Crippen molar-refractivity contribution in [1.82, 2.24) is 15.0 Å². The van der Waals surface area contributed by atoms with E-state index in [4.69, 9.17) is 4.74 Å². The van der Waals surface area contributed by atoms with E-state index in [-0.39, 0.29) is 17.8 Å². The van der Waals surface area contributed by atoms with Crippen molar-refractivity contribution >= 4 is 11.2 Å². The molecule has 0 aliphatic carbocycles. The molecular formula is C10H10F3N3O. The van der Waals surface area contributed by atoms with Gasteiger partial charge in [-0.05, 0) is 13.0 Å². The van der Waals surface area contributed by atoms with Gasteiger partial charge >= 0.3 is 6.18 Å². The molecule has 0 spiro atoms. The zero-order valence-electron chi connectivity index (χ0n) is 9.01. The molecule has 0 aromatic carbocycles. The molecule has 7 heteroatoms. The van der Waals surface area contributed by atoms with Crippen LogP contribution in [0.15, 0.2) is 12.3 Å². The van der Waals surface area contributed by atoms with Gasteiger partial charge in [0.25, 0.3) is 0 Å². The molecule has 2 rings (SSSR count). The van der Waals surface area contributed by atoms with E-state index < -0.39 is 11.7 Å². The van der Waals surface area contributed by atoms with Crippen molar-refractivity contribution in [2.75, 3.05) is 6.61 Å². The van der Waals surface area contributed by atoms with Crippen LogP contribution in [0.5, 0.6) is 0 Å². The van der Waals surface area contributed by atoms with Crippen LogP contribution in [0.2, 0.25) is 0 Å². The van der Waals surface area contributed by atoms with Gasteiger partial charge in [0.1, 0.15) is 12.4 Å². The van der Waals surface area contributed by atoms with Crippen molar-refractivity contribution in [3.8, 4) is 0 Å². The molecule has 0 radical (unpaired) electrons. The number of hydrogen-bond donors (Lipinski definition) is 1. The summed E-state index contributed by atoms with van der Waals surface area (Å²) in [6, 6.07) is 0.991. The number of ether oxygens (including phenoxy) is 1. The molecule has 2 aromatic heterocycles. The molecule has 92 valence electrons. The number of rotatable bonds is 3. The second-order valence-corrected chi connectivity index (χ2v) is 3.41. The molecular weight excluding hydrogens is 235 g/mol.